The van der Waals surface area contributed by atoms with E-state index in [1.54, 1.807) is 6.92 Å². The first-order valence-electron chi connectivity index (χ1n) is 14.1. The van der Waals surface area contributed by atoms with Crippen LogP contribution in [-0.4, -0.2) is 12.1 Å². The third kappa shape index (κ3) is 4.50. The maximum Gasteiger partial charge on any atom is 0.302 e. The highest BCUT2D eigenvalue weighted by Crippen LogP contribution is 2.67. The molecule has 9 unspecified atom stereocenters. The molecule has 2 heteroatoms. The standard InChI is InChI=1S/C31H50O2/c1-8-23(20(2)3)10-9-21(4)27-13-14-28-26-12-11-24-19-25(33-22(5)32)15-17-30(24,6)29(26)16-18-31(27,28)7/h12,21,23-25,27-29H,2,8-11,13-19H2,1,3-7H3. The molecule has 33 heavy (non-hydrogen) atoms. The minimum absolute atomic E-state index is 0.108. The van der Waals surface area contributed by atoms with Crippen molar-refractivity contribution >= 4 is 5.97 Å². The van der Waals surface area contributed by atoms with Gasteiger partial charge in [-0.05, 0) is 124 Å². The summed E-state index contributed by atoms with van der Waals surface area (Å²) in [6.45, 7) is 18.1. The van der Waals surface area contributed by atoms with E-state index in [0.717, 1.165) is 36.5 Å². The Morgan fingerprint density at radius 3 is 2.45 bits per heavy atom. The average molecular weight is 455 g/mol. The molecule has 4 aliphatic rings. The van der Waals surface area contributed by atoms with E-state index in [9.17, 15) is 4.79 Å². The van der Waals surface area contributed by atoms with Crippen LogP contribution in [-0.2, 0) is 9.53 Å². The zero-order valence-corrected chi connectivity index (χ0v) is 22.4. The number of allylic oxidation sites excluding steroid dienone is 3. The SMILES string of the molecule is C=C(C)C(CC)CCC(C)C1CCC2C3=CCC4CC(OC(C)=O)CCC4(C)C3CCC21C. The van der Waals surface area contributed by atoms with Crippen molar-refractivity contribution in [3.05, 3.63) is 23.8 Å². The third-order valence-electron chi connectivity index (χ3n) is 11.3. The molecule has 0 aliphatic heterocycles. The first-order valence-corrected chi connectivity index (χ1v) is 14.1. The van der Waals surface area contributed by atoms with E-state index in [2.05, 4.69) is 47.3 Å². The maximum absolute atomic E-state index is 11.5. The largest absolute Gasteiger partial charge is 0.463 e. The Morgan fingerprint density at radius 2 is 1.79 bits per heavy atom. The molecule has 3 saturated carbocycles. The number of carbonyl (C=O) groups excluding carboxylic acids is 1. The summed E-state index contributed by atoms with van der Waals surface area (Å²) in [5.41, 5.74) is 4.11. The fourth-order valence-electron chi connectivity index (χ4n) is 9.25. The smallest absolute Gasteiger partial charge is 0.302 e. The Labute approximate surface area is 204 Å². The van der Waals surface area contributed by atoms with E-state index in [-0.39, 0.29) is 12.1 Å². The number of hydrogen-bond acceptors (Lipinski definition) is 2. The van der Waals surface area contributed by atoms with Gasteiger partial charge in [-0.3, -0.25) is 4.79 Å². The van der Waals surface area contributed by atoms with E-state index in [4.69, 9.17) is 4.74 Å². The predicted octanol–water partition coefficient (Wildman–Crippen LogP) is 8.52. The Balaban J connectivity index is 1.47. The number of hydrogen-bond donors (Lipinski definition) is 0. The molecule has 0 aromatic heterocycles. The van der Waals surface area contributed by atoms with Crippen molar-refractivity contribution in [3.8, 4) is 0 Å². The van der Waals surface area contributed by atoms with Crippen LogP contribution in [0.25, 0.3) is 0 Å². The van der Waals surface area contributed by atoms with Gasteiger partial charge in [0.05, 0.1) is 0 Å². The third-order valence-corrected chi connectivity index (χ3v) is 11.3. The lowest BCUT2D eigenvalue weighted by Crippen LogP contribution is -2.50. The summed E-state index contributed by atoms with van der Waals surface area (Å²) in [4.78, 5) is 11.5. The zero-order chi connectivity index (χ0) is 24.0. The summed E-state index contributed by atoms with van der Waals surface area (Å²) < 4.78 is 5.64. The molecule has 4 aliphatic carbocycles. The van der Waals surface area contributed by atoms with E-state index >= 15 is 0 Å². The van der Waals surface area contributed by atoms with Crippen molar-refractivity contribution in [3.63, 3.8) is 0 Å². The Bertz CT molecular complexity index is 780. The lowest BCUT2D eigenvalue weighted by molar-refractivity contribution is -0.152. The molecular weight excluding hydrogens is 404 g/mol. The molecule has 0 aromatic rings. The highest BCUT2D eigenvalue weighted by atomic mass is 16.5. The van der Waals surface area contributed by atoms with Crippen molar-refractivity contribution in [2.45, 2.75) is 118 Å². The Morgan fingerprint density at radius 1 is 1.09 bits per heavy atom. The summed E-state index contributed by atoms with van der Waals surface area (Å²) >= 11 is 0. The highest BCUT2D eigenvalue weighted by Gasteiger charge is 2.58. The molecule has 186 valence electrons. The number of carbonyl (C=O) groups is 1. The molecule has 0 bridgehead atoms. The second-order valence-corrected chi connectivity index (χ2v) is 13.0. The van der Waals surface area contributed by atoms with Gasteiger partial charge in [0.15, 0.2) is 0 Å². The number of ether oxygens (including phenoxy) is 1. The molecule has 3 fully saturated rings. The van der Waals surface area contributed by atoms with Crippen LogP contribution in [0.5, 0.6) is 0 Å². The Kier molecular flexibility index (Phi) is 7.24. The zero-order valence-electron chi connectivity index (χ0n) is 22.4. The molecule has 0 spiro atoms. The van der Waals surface area contributed by atoms with Gasteiger partial charge >= 0.3 is 5.97 Å². The van der Waals surface area contributed by atoms with Crippen molar-refractivity contribution < 1.29 is 9.53 Å². The average Bonchev–Trinajstić information content (AvgIpc) is 3.11. The molecular formula is C31H50O2. The minimum Gasteiger partial charge on any atom is -0.463 e. The molecule has 0 radical (unpaired) electrons. The van der Waals surface area contributed by atoms with Gasteiger partial charge in [-0.2, -0.15) is 0 Å². The van der Waals surface area contributed by atoms with Gasteiger partial charge in [0.25, 0.3) is 0 Å². The Hall–Kier alpha value is -1.05. The van der Waals surface area contributed by atoms with Crippen LogP contribution in [0.15, 0.2) is 23.8 Å². The van der Waals surface area contributed by atoms with Crippen molar-refractivity contribution in [1.82, 2.24) is 0 Å². The van der Waals surface area contributed by atoms with Crippen LogP contribution >= 0.6 is 0 Å². The lowest BCUT2D eigenvalue weighted by atomic mass is 9.47. The second kappa shape index (κ2) is 9.54. The van der Waals surface area contributed by atoms with Gasteiger partial charge in [-0.1, -0.05) is 51.5 Å². The summed E-state index contributed by atoms with van der Waals surface area (Å²) in [5.74, 6) is 4.52. The van der Waals surface area contributed by atoms with Gasteiger partial charge in [0, 0.05) is 6.92 Å². The van der Waals surface area contributed by atoms with Crippen LogP contribution in [0, 0.1) is 46.3 Å². The molecule has 0 amide bonds. The van der Waals surface area contributed by atoms with Gasteiger partial charge < -0.3 is 4.74 Å². The van der Waals surface area contributed by atoms with Crippen LogP contribution < -0.4 is 0 Å². The summed E-state index contributed by atoms with van der Waals surface area (Å²) in [5, 5.41) is 0. The van der Waals surface area contributed by atoms with E-state index < -0.39 is 0 Å². The molecule has 0 aromatic carbocycles. The summed E-state index contributed by atoms with van der Waals surface area (Å²) in [7, 11) is 0. The highest BCUT2D eigenvalue weighted by molar-refractivity contribution is 5.66. The molecule has 4 rings (SSSR count). The van der Waals surface area contributed by atoms with Crippen LogP contribution in [0.4, 0.5) is 0 Å². The second-order valence-electron chi connectivity index (χ2n) is 13.0. The van der Waals surface area contributed by atoms with E-state index in [1.807, 2.05) is 5.57 Å². The fraction of sp³-hybridized carbons (Fsp3) is 0.839. The van der Waals surface area contributed by atoms with Gasteiger partial charge in [0.2, 0.25) is 0 Å². The van der Waals surface area contributed by atoms with Crippen molar-refractivity contribution in [2.24, 2.45) is 46.3 Å². The number of esters is 1. The molecule has 9 atom stereocenters. The molecule has 0 N–H and O–H groups in total. The monoisotopic (exact) mass is 454 g/mol. The first-order chi connectivity index (χ1) is 15.6. The topological polar surface area (TPSA) is 26.3 Å². The van der Waals surface area contributed by atoms with Gasteiger partial charge in [0.1, 0.15) is 6.10 Å². The van der Waals surface area contributed by atoms with Crippen LogP contribution in [0.3, 0.4) is 0 Å². The maximum atomic E-state index is 11.5. The van der Waals surface area contributed by atoms with Crippen LogP contribution in [0.2, 0.25) is 0 Å². The fourth-order valence-corrected chi connectivity index (χ4v) is 9.25. The van der Waals surface area contributed by atoms with E-state index in [0.29, 0.717) is 22.7 Å². The van der Waals surface area contributed by atoms with Crippen molar-refractivity contribution in [1.29, 1.82) is 0 Å². The van der Waals surface area contributed by atoms with E-state index in [1.165, 1.54) is 63.4 Å². The lowest BCUT2D eigenvalue weighted by Gasteiger charge is -2.58. The molecule has 0 heterocycles. The first kappa shape index (κ1) is 25.1. The van der Waals surface area contributed by atoms with Gasteiger partial charge in [-0.15, -0.1) is 0 Å². The van der Waals surface area contributed by atoms with Gasteiger partial charge in [-0.25, -0.2) is 0 Å². The van der Waals surface area contributed by atoms with Crippen LogP contribution in [0.1, 0.15) is 112 Å². The number of fused-ring (bicyclic) bond motifs is 5. The normalized spacial score (nSPS) is 41.8. The minimum atomic E-state index is -0.108. The quantitative estimate of drug-likeness (QED) is 0.284. The number of rotatable bonds is 7. The molecule has 2 nitrogen and oxygen atoms in total. The summed E-state index contributed by atoms with van der Waals surface area (Å²) in [6.07, 6.45) is 16.9. The van der Waals surface area contributed by atoms with Crippen molar-refractivity contribution in [2.75, 3.05) is 0 Å². The molecule has 0 saturated heterocycles. The predicted molar refractivity (Wildman–Crippen MR) is 138 cm³/mol. The summed E-state index contributed by atoms with van der Waals surface area (Å²) in [6, 6.07) is 0.